The first-order valence-electron chi connectivity index (χ1n) is 7.53. The second kappa shape index (κ2) is 7.20. The van der Waals surface area contributed by atoms with E-state index in [1.54, 1.807) is 12.1 Å². The van der Waals surface area contributed by atoms with Gasteiger partial charge in [0.2, 0.25) is 0 Å². The molecule has 0 N–H and O–H groups in total. The molecule has 3 rings (SSSR count). The summed E-state index contributed by atoms with van der Waals surface area (Å²) in [5.74, 6) is 0.337. The minimum atomic E-state index is -0.516. The summed E-state index contributed by atoms with van der Waals surface area (Å²) in [5.41, 5.74) is 2.44. The average Bonchev–Trinajstić information content (AvgIpc) is 2.60. The van der Waals surface area contributed by atoms with E-state index >= 15 is 0 Å². The monoisotopic (exact) mass is 337 g/mol. The lowest BCUT2D eigenvalue weighted by molar-refractivity contribution is 0.210. The SMILES string of the molecule is Cc1ccc(OC(=O)N(c2ccccc2)c2ccccc2)c(Cl)c1. The summed E-state index contributed by atoms with van der Waals surface area (Å²) in [6.45, 7) is 1.93. The van der Waals surface area contributed by atoms with Crippen LogP contribution in [0.25, 0.3) is 0 Å². The molecule has 0 aromatic heterocycles. The van der Waals surface area contributed by atoms with Gasteiger partial charge in [0.05, 0.1) is 16.4 Å². The molecule has 0 aliphatic rings. The van der Waals surface area contributed by atoms with Gasteiger partial charge in [0, 0.05) is 0 Å². The fourth-order valence-electron chi connectivity index (χ4n) is 2.34. The van der Waals surface area contributed by atoms with Crippen molar-refractivity contribution in [1.29, 1.82) is 0 Å². The number of carbonyl (C=O) groups excluding carboxylic acids is 1. The maximum atomic E-state index is 12.8. The largest absolute Gasteiger partial charge is 0.424 e. The standard InChI is InChI=1S/C20H16ClNO2/c1-15-12-13-19(18(21)14-15)24-20(23)22(16-8-4-2-5-9-16)17-10-6-3-7-11-17/h2-14H,1H3. The minimum Gasteiger partial charge on any atom is -0.408 e. The van der Waals surface area contributed by atoms with E-state index in [1.165, 1.54) is 4.90 Å². The lowest BCUT2D eigenvalue weighted by Gasteiger charge is -2.22. The fraction of sp³-hybridized carbons (Fsp3) is 0.0500. The number of hydrogen-bond acceptors (Lipinski definition) is 2. The number of carbonyl (C=O) groups is 1. The van der Waals surface area contributed by atoms with Crippen LogP contribution in [0.15, 0.2) is 78.9 Å². The molecule has 0 radical (unpaired) electrons. The zero-order valence-corrected chi connectivity index (χ0v) is 13.9. The third-order valence-electron chi connectivity index (χ3n) is 3.50. The molecule has 24 heavy (non-hydrogen) atoms. The highest BCUT2D eigenvalue weighted by atomic mass is 35.5. The number of hydrogen-bond donors (Lipinski definition) is 0. The molecule has 0 aliphatic carbocycles. The molecular weight excluding hydrogens is 322 g/mol. The molecule has 3 nitrogen and oxygen atoms in total. The van der Waals surface area contributed by atoms with E-state index in [0.29, 0.717) is 10.8 Å². The first kappa shape index (κ1) is 16.1. The number of para-hydroxylation sites is 2. The van der Waals surface area contributed by atoms with E-state index < -0.39 is 6.09 Å². The van der Waals surface area contributed by atoms with Crippen LogP contribution in [0.1, 0.15) is 5.56 Å². The highest BCUT2D eigenvalue weighted by Gasteiger charge is 2.20. The van der Waals surface area contributed by atoms with Crippen LogP contribution >= 0.6 is 11.6 Å². The van der Waals surface area contributed by atoms with Gasteiger partial charge >= 0.3 is 6.09 Å². The topological polar surface area (TPSA) is 29.5 Å². The first-order valence-corrected chi connectivity index (χ1v) is 7.91. The highest BCUT2D eigenvalue weighted by molar-refractivity contribution is 6.32. The molecule has 0 atom stereocenters. The van der Waals surface area contributed by atoms with Crippen LogP contribution in [-0.2, 0) is 0 Å². The van der Waals surface area contributed by atoms with E-state index in [2.05, 4.69) is 0 Å². The molecule has 0 fully saturated rings. The molecule has 4 heteroatoms. The lowest BCUT2D eigenvalue weighted by Crippen LogP contribution is -2.29. The van der Waals surface area contributed by atoms with Crippen LogP contribution in [0.4, 0.5) is 16.2 Å². The first-order chi connectivity index (χ1) is 11.6. The van der Waals surface area contributed by atoms with Gasteiger partial charge in [0.1, 0.15) is 0 Å². The Balaban J connectivity index is 1.95. The van der Waals surface area contributed by atoms with Gasteiger partial charge in [-0.3, -0.25) is 0 Å². The molecule has 0 saturated carbocycles. The third-order valence-corrected chi connectivity index (χ3v) is 3.79. The molecule has 0 heterocycles. The number of ether oxygens (including phenoxy) is 1. The lowest BCUT2D eigenvalue weighted by atomic mass is 10.2. The Morgan fingerprint density at radius 3 is 1.92 bits per heavy atom. The summed E-state index contributed by atoms with van der Waals surface area (Å²) in [7, 11) is 0. The zero-order valence-electron chi connectivity index (χ0n) is 13.1. The Kier molecular flexibility index (Phi) is 4.82. The number of nitrogens with zero attached hydrogens (tertiary/aromatic N) is 1. The minimum absolute atomic E-state index is 0.337. The van der Waals surface area contributed by atoms with Crippen LogP contribution < -0.4 is 9.64 Å². The Bertz CT molecular complexity index is 795. The van der Waals surface area contributed by atoms with Crippen molar-refractivity contribution in [1.82, 2.24) is 0 Å². The summed E-state index contributed by atoms with van der Waals surface area (Å²) in [4.78, 5) is 14.3. The summed E-state index contributed by atoms with van der Waals surface area (Å²) in [5, 5.41) is 0.407. The summed E-state index contributed by atoms with van der Waals surface area (Å²) in [6, 6.07) is 24.0. The Hall–Kier alpha value is -2.78. The number of amides is 1. The third kappa shape index (κ3) is 3.58. The van der Waals surface area contributed by atoms with Crippen LogP contribution in [0, 0.1) is 6.92 Å². The van der Waals surface area contributed by atoms with E-state index in [0.717, 1.165) is 16.9 Å². The number of aryl methyl sites for hydroxylation is 1. The molecule has 0 saturated heterocycles. The van der Waals surface area contributed by atoms with Gasteiger partial charge in [-0.25, -0.2) is 9.69 Å². The normalized spacial score (nSPS) is 10.2. The second-order valence-corrected chi connectivity index (χ2v) is 5.72. The summed E-state index contributed by atoms with van der Waals surface area (Å²) < 4.78 is 5.53. The van der Waals surface area contributed by atoms with Crippen LogP contribution in [-0.4, -0.2) is 6.09 Å². The van der Waals surface area contributed by atoms with E-state index in [-0.39, 0.29) is 0 Å². The summed E-state index contributed by atoms with van der Waals surface area (Å²) >= 11 is 6.17. The van der Waals surface area contributed by atoms with Crippen molar-refractivity contribution < 1.29 is 9.53 Å². The van der Waals surface area contributed by atoms with Gasteiger partial charge in [-0.1, -0.05) is 54.1 Å². The summed E-state index contributed by atoms with van der Waals surface area (Å²) in [6.07, 6.45) is -0.516. The van der Waals surface area contributed by atoms with E-state index in [9.17, 15) is 4.79 Å². The van der Waals surface area contributed by atoms with Gasteiger partial charge in [0.15, 0.2) is 5.75 Å². The van der Waals surface area contributed by atoms with Crippen LogP contribution in [0.5, 0.6) is 5.75 Å². The van der Waals surface area contributed by atoms with Crippen LogP contribution in [0.3, 0.4) is 0 Å². The van der Waals surface area contributed by atoms with Crippen molar-refractivity contribution in [3.8, 4) is 5.75 Å². The molecule has 3 aromatic rings. The number of benzene rings is 3. The van der Waals surface area contributed by atoms with Crippen molar-refractivity contribution in [3.05, 3.63) is 89.4 Å². The zero-order chi connectivity index (χ0) is 16.9. The second-order valence-electron chi connectivity index (χ2n) is 5.31. The average molecular weight is 338 g/mol. The molecule has 0 bridgehead atoms. The molecule has 0 aliphatic heterocycles. The van der Waals surface area contributed by atoms with Gasteiger partial charge in [-0.05, 0) is 48.9 Å². The van der Waals surface area contributed by atoms with Crippen molar-refractivity contribution in [3.63, 3.8) is 0 Å². The van der Waals surface area contributed by atoms with Crippen molar-refractivity contribution >= 4 is 29.1 Å². The smallest absolute Gasteiger partial charge is 0.408 e. The van der Waals surface area contributed by atoms with Crippen LogP contribution in [0.2, 0.25) is 5.02 Å². The van der Waals surface area contributed by atoms with Crippen molar-refractivity contribution in [2.24, 2.45) is 0 Å². The number of halogens is 1. The van der Waals surface area contributed by atoms with Crippen molar-refractivity contribution in [2.45, 2.75) is 6.92 Å². The maximum Gasteiger partial charge on any atom is 0.424 e. The molecule has 1 amide bonds. The van der Waals surface area contributed by atoms with Crippen molar-refractivity contribution in [2.75, 3.05) is 4.90 Å². The van der Waals surface area contributed by atoms with E-state index in [1.807, 2.05) is 73.7 Å². The molecule has 3 aromatic carbocycles. The van der Waals surface area contributed by atoms with Gasteiger partial charge in [-0.2, -0.15) is 0 Å². The maximum absolute atomic E-state index is 12.8. The Labute approximate surface area is 146 Å². The fourth-order valence-corrected chi connectivity index (χ4v) is 2.62. The highest BCUT2D eigenvalue weighted by Crippen LogP contribution is 2.29. The van der Waals surface area contributed by atoms with E-state index in [4.69, 9.17) is 16.3 Å². The predicted molar refractivity (Wildman–Crippen MR) is 97.2 cm³/mol. The number of rotatable bonds is 3. The Morgan fingerprint density at radius 2 is 1.42 bits per heavy atom. The quantitative estimate of drug-likeness (QED) is 0.587. The number of anilines is 2. The molecule has 0 unspecified atom stereocenters. The molecular formula is C20H16ClNO2. The Morgan fingerprint density at radius 1 is 0.875 bits per heavy atom. The predicted octanol–water partition coefficient (Wildman–Crippen LogP) is 5.99. The van der Waals surface area contributed by atoms with Gasteiger partial charge in [0.25, 0.3) is 0 Å². The van der Waals surface area contributed by atoms with Gasteiger partial charge < -0.3 is 4.74 Å². The van der Waals surface area contributed by atoms with Gasteiger partial charge in [-0.15, -0.1) is 0 Å². The molecule has 0 spiro atoms. The molecule has 120 valence electrons.